The highest BCUT2D eigenvalue weighted by atomic mass is 28.4. The van der Waals surface area contributed by atoms with Crippen molar-refractivity contribution in [3.63, 3.8) is 0 Å². The predicted molar refractivity (Wildman–Crippen MR) is 132 cm³/mol. The lowest BCUT2D eigenvalue weighted by Crippen LogP contribution is -2.49. The van der Waals surface area contributed by atoms with E-state index in [0.29, 0.717) is 39.8 Å². The Labute approximate surface area is 188 Å². The third-order valence-corrected chi connectivity index (χ3v) is 19.8. The van der Waals surface area contributed by atoms with E-state index in [2.05, 4.69) is 81.5 Å². The second kappa shape index (κ2) is 7.74. The lowest BCUT2D eigenvalue weighted by molar-refractivity contribution is 0.0368. The summed E-state index contributed by atoms with van der Waals surface area (Å²) in [5, 5.41) is 0.221. The molecule has 2 saturated carbocycles. The summed E-state index contributed by atoms with van der Waals surface area (Å²) < 4.78 is 20.0. The van der Waals surface area contributed by atoms with Crippen LogP contribution in [0.2, 0.25) is 34.8 Å². The highest BCUT2D eigenvalue weighted by molar-refractivity contribution is 6.77. The molecule has 0 heterocycles. The fourth-order valence-corrected chi connectivity index (χ4v) is 13.4. The molecule has 0 saturated heterocycles. The molecule has 3 aliphatic carbocycles. The van der Waals surface area contributed by atoms with Crippen molar-refractivity contribution in [3.8, 4) is 0 Å². The average Bonchev–Trinajstić information content (AvgIpc) is 3.14. The molecule has 3 rings (SSSR count). The van der Waals surface area contributed by atoms with Gasteiger partial charge in [0.2, 0.25) is 8.32 Å². The number of rotatable bonds is 9. The molecule has 0 aromatic carbocycles. The molecule has 2 fully saturated rings. The van der Waals surface area contributed by atoms with Gasteiger partial charge in [0.1, 0.15) is 0 Å². The monoisotopic (exact) mass is 452 g/mol. The minimum absolute atomic E-state index is 0.221. The molecule has 2 bridgehead atoms. The average molecular weight is 453 g/mol. The van der Waals surface area contributed by atoms with Crippen molar-refractivity contribution >= 4 is 16.6 Å². The number of hydrogen-bond acceptors (Lipinski definition) is 3. The summed E-state index contributed by atoms with van der Waals surface area (Å²) in [7, 11) is -1.78. The standard InChI is InChI=1S/C25H48O3Si2/c1-16(2)30(17(3)4,18(5)6)27-15-25-14-20(25)22-21(13-19(25)23(22)26-10)28-29(11,12)24(7,8)9/h13,16-20,22-23H,14-15H2,1-12H3/t19-,20?,22?,23+,25?/m1/s1. The Morgan fingerprint density at radius 1 is 1.03 bits per heavy atom. The van der Waals surface area contributed by atoms with Crippen molar-refractivity contribution in [2.75, 3.05) is 13.7 Å². The van der Waals surface area contributed by atoms with Gasteiger partial charge in [0.15, 0.2) is 8.32 Å². The summed E-state index contributed by atoms with van der Waals surface area (Å²) in [6.07, 6.45) is 4.01. The molecule has 30 heavy (non-hydrogen) atoms. The molecule has 0 spiro atoms. The Hall–Kier alpha value is -0.106. The maximum atomic E-state index is 7.10. The van der Waals surface area contributed by atoms with Crippen LogP contribution in [0, 0.1) is 23.2 Å². The second-order valence-corrected chi connectivity index (χ2v) is 23.0. The Morgan fingerprint density at radius 2 is 1.57 bits per heavy atom. The van der Waals surface area contributed by atoms with Crippen LogP contribution >= 0.6 is 0 Å². The number of ether oxygens (including phenoxy) is 1. The first-order valence-electron chi connectivity index (χ1n) is 12.2. The molecule has 0 N–H and O–H groups in total. The zero-order chi connectivity index (χ0) is 22.9. The van der Waals surface area contributed by atoms with E-state index < -0.39 is 16.6 Å². The van der Waals surface area contributed by atoms with Crippen molar-refractivity contribution in [1.29, 1.82) is 0 Å². The van der Waals surface area contributed by atoms with Gasteiger partial charge in [-0.25, -0.2) is 0 Å². The highest BCUT2D eigenvalue weighted by Gasteiger charge is 2.75. The summed E-state index contributed by atoms with van der Waals surface area (Å²) in [4.78, 5) is 0. The SMILES string of the molecule is CO[C@@H]1C2C(O[Si](C)(C)C(C)(C)C)=C[C@H]1C1(CO[Si](C(C)C)(C(C)C)C(C)C)CC21. The van der Waals surface area contributed by atoms with Crippen LogP contribution in [0.4, 0.5) is 0 Å². The smallest absolute Gasteiger partial charge is 0.250 e. The van der Waals surface area contributed by atoms with Crippen molar-refractivity contribution in [3.05, 3.63) is 11.8 Å². The van der Waals surface area contributed by atoms with Gasteiger partial charge in [-0.15, -0.1) is 0 Å². The molecular formula is C25H48O3Si2. The van der Waals surface area contributed by atoms with Crippen LogP contribution in [0.5, 0.6) is 0 Å². The zero-order valence-corrected chi connectivity index (χ0v) is 23.8. The van der Waals surface area contributed by atoms with E-state index in [4.69, 9.17) is 13.6 Å². The van der Waals surface area contributed by atoms with Gasteiger partial charge >= 0.3 is 0 Å². The molecule has 0 radical (unpaired) electrons. The van der Waals surface area contributed by atoms with Crippen LogP contribution in [0.25, 0.3) is 0 Å². The maximum absolute atomic E-state index is 7.10. The third kappa shape index (κ3) is 3.50. The fraction of sp³-hybridized carbons (Fsp3) is 0.920. The zero-order valence-electron chi connectivity index (χ0n) is 21.8. The van der Waals surface area contributed by atoms with E-state index in [0.717, 1.165) is 6.61 Å². The molecule has 174 valence electrons. The van der Waals surface area contributed by atoms with Gasteiger partial charge in [-0.1, -0.05) is 62.3 Å². The first kappa shape index (κ1) is 24.5. The van der Waals surface area contributed by atoms with Crippen molar-refractivity contribution in [1.82, 2.24) is 0 Å². The number of hydrogen-bond donors (Lipinski definition) is 0. The molecule has 5 atom stereocenters. The third-order valence-electron chi connectivity index (χ3n) is 9.41. The first-order chi connectivity index (χ1) is 13.7. The minimum Gasteiger partial charge on any atom is -0.546 e. The van der Waals surface area contributed by atoms with Gasteiger partial charge in [0, 0.05) is 31.0 Å². The molecular weight excluding hydrogens is 404 g/mol. The quantitative estimate of drug-likeness (QED) is 0.342. The Bertz CT molecular complexity index is 655. The van der Waals surface area contributed by atoms with E-state index in [-0.39, 0.29) is 11.1 Å². The van der Waals surface area contributed by atoms with Crippen LogP contribution < -0.4 is 0 Å². The van der Waals surface area contributed by atoms with Crippen LogP contribution in [-0.2, 0) is 13.6 Å². The summed E-state index contributed by atoms with van der Waals surface area (Å²) in [6, 6.07) is 0. The molecule has 3 unspecified atom stereocenters. The highest BCUT2D eigenvalue weighted by Crippen LogP contribution is 2.75. The minimum atomic E-state index is -1.84. The molecule has 5 heteroatoms. The summed E-state index contributed by atoms with van der Waals surface area (Å²) >= 11 is 0. The number of fused-ring (bicyclic) bond motifs is 5. The lowest BCUT2D eigenvalue weighted by Gasteiger charge is -2.43. The topological polar surface area (TPSA) is 27.7 Å². The van der Waals surface area contributed by atoms with E-state index in [1.807, 2.05) is 7.11 Å². The maximum Gasteiger partial charge on any atom is 0.250 e. The van der Waals surface area contributed by atoms with Gasteiger partial charge in [0.25, 0.3) is 0 Å². The summed E-state index contributed by atoms with van der Waals surface area (Å²) in [5.41, 5.74) is 2.20. The van der Waals surface area contributed by atoms with Crippen LogP contribution in [0.1, 0.15) is 68.7 Å². The molecule has 0 aromatic rings. The fourth-order valence-electron chi connectivity index (χ4n) is 6.77. The Morgan fingerprint density at radius 3 is 2.00 bits per heavy atom. The molecule has 3 nitrogen and oxygen atoms in total. The lowest BCUT2D eigenvalue weighted by atomic mass is 9.90. The van der Waals surface area contributed by atoms with Crippen LogP contribution in [0.15, 0.2) is 11.8 Å². The normalized spacial score (nSPS) is 33.5. The largest absolute Gasteiger partial charge is 0.546 e. The van der Waals surface area contributed by atoms with Gasteiger partial charge in [0.05, 0.1) is 11.9 Å². The Kier molecular flexibility index (Phi) is 6.33. The Balaban J connectivity index is 1.81. The molecule has 0 amide bonds. The van der Waals surface area contributed by atoms with Gasteiger partial charge in [-0.05, 0) is 53.2 Å². The van der Waals surface area contributed by atoms with Gasteiger partial charge in [-0.2, -0.15) is 0 Å². The van der Waals surface area contributed by atoms with Crippen molar-refractivity contribution < 1.29 is 13.6 Å². The summed E-state index contributed by atoms with van der Waals surface area (Å²) in [5.74, 6) is 2.81. The van der Waals surface area contributed by atoms with Crippen LogP contribution in [0.3, 0.4) is 0 Å². The molecule has 0 aromatic heterocycles. The van der Waals surface area contributed by atoms with Crippen molar-refractivity contribution in [2.24, 2.45) is 23.2 Å². The molecule has 3 aliphatic rings. The predicted octanol–water partition coefficient (Wildman–Crippen LogP) is 7.37. The van der Waals surface area contributed by atoms with E-state index in [9.17, 15) is 0 Å². The first-order valence-corrected chi connectivity index (χ1v) is 17.3. The van der Waals surface area contributed by atoms with Gasteiger partial charge < -0.3 is 13.6 Å². The van der Waals surface area contributed by atoms with Gasteiger partial charge in [-0.3, -0.25) is 0 Å². The van der Waals surface area contributed by atoms with E-state index in [1.54, 1.807) is 0 Å². The number of methoxy groups -OCH3 is 1. The van der Waals surface area contributed by atoms with E-state index in [1.165, 1.54) is 12.2 Å². The molecule has 0 aliphatic heterocycles. The van der Waals surface area contributed by atoms with Crippen molar-refractivity contribution in [2.45, 2.75) is 110 Å². The second-order valence-electron chi connectivity index (χ2n) is 12.8. The van der Waals surface area contributed by atoms with E-state index >= 15 is 0 Å². The van der Waals surface area contributed by atoms with Crippen LogP contribution in [-0.4, -0.2) is 36.5 Å². The summed E-state index contributed by atoms with van der Waals surface area (Å²) in [6.45, 7) is 26.9.